The van der Waals surface area contributed by atoms with E-state index in [1.807, 2.05) is 31.2 Å². The van der Waals surface area contributed by atoms with Gasteiger partial charge in [0, 0.05) is 30.6 Å². The van der Waals surface area contributed by atoms with Crippen molar-refractivity contribution in [1.29, 1.82) is 0 Å². The Morgan fingerprint density at radius 2 is 2.04 bits per heavy atom. The minimum Gasteiger partial charge on any atom is -0.396 e. The fraction of sp³-hybridized carbons (Fsp3) is 0.526. The highest BCUT2D eigenvalue weighted by Gasteiger charge is 2.23. The number of aromatic nitrogens is 3. The monoisotopic (exact) mass is 326 g/mol. The van der Waals surface area contributed by atoms with Crippen molar-refractivity contribution in [2.45, 2.75) is 51.5 Å². The van der Waals surface area contributed by atoms with Crippen LogP contribution < -0.4 is 5.32 Å². The molecular formula is C19H26N4O. The molecule has 1 aliphatic carbocycles. The highest BCUT2D eigenvalue weighted by atomic mass is 16.3. The topological polar surface area (TPSA) is 70.9 Å². The molecule has 128 valence electrons. The molecule has 0 spiro atoms. The Balaban J connectivity index is 1.81. The predicted molar refractivity (Wildman–Crippen MR) is 95.7 cm³/mol. The zero-order valence-electron chi connectivity index (χ0n) is 14.3. The van der Waals surface area contributed by atoms with Gasteiger partial charge in [0.15, 0.2) is 5.82 Å². The highest BCUT2D eigenvalue weighted by molar-refractivity contribution is 5.53. The summed E-state index contributed by atoms with van der Waals surface area (Å²) in [4.78, 5) is 13.5. The number of hydrogen-bond donors (Lipinski definition) is 2. The number of aliphatic hydroxyl groups excluding tert-OH is 1. The molecule has 2 N–H and O–H groups in total. The van der Waals surface area contributed by atoms with Crippen molar-refractivity contribution >= 4 is 5.82 Å². The molecule has 1 saturated carbocycles. The molecule has 0 radical (unpaired) electrons. The summed E-state index contributed by atoms with van der Waals surface area (Å²) in [5.41, 5.74) is 1.69. The number of nitrogens with one attached hydrogen (secondary N) is 1. The lowest BCUT2D eigenvalue weighted by Gasteiger charge is -2.31. The quantitative estimate of drug-likeness (QED) is 0.849. The first-order chi connectivity index (χ1) is 11.8. The Bertz CT molecular complexity index is 641. The minimum absolute atomic E-state index is 0.200. The first-order valence-electron chi connectivity index (χ1n) is 8.91. The number of aryl methyl sites for hydroxylation is 1. The summed E-state index contributed by atoms with van der Waals surface area (Å²) in [7, 11) is 0. The van der Waals surface area contributed by atoms with E-state index in [-0.39, 0.29) is 12.6 Å². The number of pyridine rings is 1. The minimum atomic E-state index is 0.200. The maximum atomic E-state index is 9.45. The van der Waals surface area contributed by atoms with E-state index in [4.69, 9.17) is 0 Å². The van der Waals surface area contributed by atoms with E-state index in [1.54, 1.807) is 6.20 Å². The van der Waals surface area contributed by atoms with Gasteiger partial charge in [-0.1, -0.05) is 25.3 Å². The Labute approximate surface area is 143 Å². The summed E-state index contributed by atoms with van der Waals surface area (Å²) in [6, 6.07) is 7.99. The van der Waals surface area contributed by atoms with Crippen molar-refractivity contribution in [2.24, 2.45) is 5.92 Å². The van der Waals surface area contributed by atoms with Crippen LogP contribution in [0.1, 0.15) is 44.2 Å². The molecule has 0 bridgehead atoms. The molecule has 1 unspecified atom stereocenters. The number of nitrogens with zero attached hydrogens (tertiary/aromatic N) is 3. The van der Waals surface area contributed by atoms with Gasteiger partial charge in [-0.05, 0) is 44.2 Å². The molecular weight excluding hydrogens is 300 g/mol. The second-order valence-electron chi connectivity index (χ2n) is 6.59. The van der Waals surface area contributed by atoms with Crippen molar-refractivity contribution in [3.63, 3.8) is 0 Å². The van der Waals surface area contributed by atoms with Gasteiger partial charge < -0.3 is 10.4 Å². The van der Waals surface area contributed by atoms with Crippen molar-refractivity contribution in [3.8, 4) is 11.5 Å². The summed E-state index contributed by atoms with van der Waals surface area (Å²) in [6.45, 7) is 2.17. The summed E-state index contributed by atoms with van der Waals surface area (Å²) >= 11 is 0. The van der Waals surface area contributed by atoms with Crippen LogP contribution >= 0.6 is 0 Å². The average molecular weight is 326 g/mol. The second kappa shape index (κ2) is 8.20. The Hall–Kier alpha value is -2.01. The zero-order valence-corrected chi connectivity index (χ0v) is 14.3. The summed E-state index contributed by atoms with van der Waals surface area (Å²) in [5.74, 6) is 2.08. The summed E-state index contributed by atoms with van der Waals surface area (Å²) in [6.07, 6.45) is 8.88. The van der Waals surface area contributed by atoms with Crippen LogP contribution in [0.15, 0.2) is 30.5 Å². The number of hydrogen-bond acceptors (Lipinski definition) is 5. The van der Waals surface area contributed by atoms with E-state index in [0.29, 0.717) is 11.7 Å². The van der Waals surface area contributed by atoms with Gasteiger partial charge in [0.1, 0.15) is 11.5 Å². The Kier molecular flexibility index (Phi) is 5.75. The van der Waals surface area contributed by atoms with E-state index >= 15 is 0 Å². The highest BCUT2D eigenvalue weighted by Crippen LogP contribution is 2.29. The molecule has 2 aromatic heterocycles. The smallest absolute Gasteiger partial charge is 0.180 e. The van der Waals surface area contributed by atoms with Crippen LogP contribution in [-0.2, 0) is 0 Å². The summed E-state index contributed by atoms with van der Waals surface area (Å²) in [5, 5.41) is 13.0. The van der Waals surface area contributed by atoms with E-state index in [1.165, 1.54) is 32.1 Å². The predicted octanol–water partition coefficient (Wildman–Crippen LogP) is 3.59. The van der Waals surface area contributed by atoms with Gasteiger partial charge in [0.25, 0.3) is 0 Å². The van der Waals surface area contributed by atoms with Crippen LogP contribution in [0.3, 0.4) is 0 Å². The zero-order chi connectivity index (χ0) is 16.8. The fourth-order valence-corrected chi connectivity index (χ4v) is 3.54. The van der Waals surface area contributed by atoms with E-state index in [0.717, 1.165) is 23.6 Å². The molecule has 1 aliphatic rings. The van der Waals surface area contributed by atoms with Gasteiger partial charge in [0.2, 0.25) is 0 Å². The van der Waals surface area contributed by atoms with Crippen LogP contribution in [0.25, 0.3) is 11.5 Å². The Morgan fingerprint density at radius 3 is 2.75 bits per heavy atom. The molecule has 0 saturated heterocycles. The number of aliphatic hydroxyl groups is 1. The normalized spacial score (nSPS) is 16.8. The molecule has 24 heavy (non-hydrogen) atoms. The van der Waals surface area contributed by atoms with E-state index < -0.39 is 0 Å². The fourth-order valence-electron chi connectivity index (χ4n) is 3.54. The maximum absolute atomic E-state index is 9.45. The first-order valence-corrected chi connectivity index (χ1v) is 8.91. The number of anilines is 1. The lowest BCUT2D eigenvalue weighted by atomic mass is 9.83. The largest absolute Gasteiger partial charge is 0.396 e. The van der Waals surface area contributed by atoms with Crippen molar-refractivity contribution in [2.75, 3.05) is 11.9 Å². The van der Waals surface area contributed by atoms with Crippen LogP contribution in [-0.4, -0.2) is 32.7 Å². The molecule has 2 aromatic rings. The number of rotatable bonds is 6. The van der Waals surface area contributed by atoms with Crippen LogP contribution in [0.5, 0.6) is 0 Å². The molecule has 1 fully saturated rings. The van der Waals surface area contributed by atoms with Crippen LogP contribution in [0, 0.1) is 12.8 Å². The van der Waals surface area contributed by atoms with Gasteiger partial charge in [0.05, 0.1) is 0 Å². The maximum Gasteiger partial charge on any atom is 0.180 e. The van der Waals surface area contributed by atoms with Gasteiger partial charge in [-0.15, -0.1) is 0 Å². The van der Waals surface area contributed by atoms with E-state index in [9.17, 15) is 5.11 Å². The van der Waals surface area contributed by atoms with E-state index in [2.05, 4.69) is 20.3 Å². The van der Waals surface area contributed by atoms with Gasteiger partial charge in [-0.2, -0.15) is 0 Å². The van der Waals surface area contributed by atoms with Crippen LogP contribution in [0.2, 0.25) is 0 Å². The van der Waals surface area contributed by atoms with Gasteiger partial charge >= 0.3 is 0 Å². The average Bonchev–Trinajstić information content (AvgIpc) is 2.62. The van der Waals surface area contributed by atoms with Gasteiger partial charge in [-0.25, -0.2) is 9.97 Å². The molecule has 5 nitrogen and oxygen atoms in total. The molecule has 2 heterocycles. The molecule has 3 rings (SSSR count). The lowest BCUT2D eigenvalue weighted by molar-refractivity contribution is 0.239. The third-order valence-corrected chi connectivity index (χ3v) is 4.74. The second-order valence-corrected chi connectivity index (χ2v) is 6.59. The molecule has 5 heteroatoms. The van der Waals surface area contributed by atoms with Crippen LogP contribution in [0.4, 0.5) is 5.82 Å². The molecule has 0 aromatic carbocycles. The first kappa shape index (κ1) is 16.8. The lowest BCUT2D eigenvalue weighted by Crippen LogP contribution is -2.32. The van der Waals surface area contributed by atoms with Crippen molar-refractivity contribution in [3.05, 3.63) is 36.2 Å². The van der Waals surface area contributed by atoms with Gasteiger partial charge in [-0.3, -0.25) is 4.98 Å². The standard InChI is InChI=1S/C19H26N4O/c1-14-13-18(23-19(21-14)17-9-5-6-11-20-17)22-16(10-12-24)15-7-3-2-4-8-15/h5-6,9,11,13,15-16,24H,2-4,7-8,10,12H2,1H3,(H,21,22,23). The summed E-state index contributed by atoms with van der Waals surface area (Å²) < 4.78 is 0. The molecule has 1 atom stereocenters. The third-order valence-electron chi connectivity index (χ3n) is 4.74. The molecule has 0 aliphatic heterocycles. The van der Waals surface area contributed by atoms with Crippen molar-refractivity contribution in [1.82, 2.24) is 15.0 Å². The SMILES string of the molecule is Cc1cc(NC(CCO)C2CCCCC2)nc(-c2ccccn2)n1. The Morgan fingerprint density at radius 1 is 1.21 bits per heavy atom. The molecule has 0 amide bonds. The third kappa shape index (κ3) is 4.29. The van der Waals surface area contributed by atoms with Crippen molar-refractivity contribution < 1.29 is 5.11 Å².